The van der Waals surface area contributed by atoms with Crippen molar-refractivity contribution >= 4 is 17.5 Å². The molecule has 2 fully saturated rings. The van der Waals surface area contributed by atoms with Crippen molar-refractivity contribution in [1.29, 1.82) is 0 Å². The quantitative estimate of drug-likeness (QED) is 0.786. The molecule has 4 atom stereocenters. The third kappa shape index (κ3) is 3.35. The second kappa shape index (κ2) is 6.05. The number of ether oxygens (including phenoxy) is 1. The van der Waals surface area contributed by atoms with E-state index in [-0.39, 0.29) is 17.9 Å². The molecule has 17 heavy (non-hydrogen) atoms. The summed E-state index contributed by atoms with van der Waals surface area (Å²) < 4.78 is 5.42. The Kier molecular flexibility index (Phi) is 4.69. The second-order valence-electron chi connectivity index (χ2n) is 5.43. The Morgan fingerprint density at radius 3 is 2.82 bits per heavy atom. The molecule has 1 saturated heterocycles. The fourth-order valence-corrected chi connectivity index (χ4v) is 3.37. The molecule has 1 amide bonds. The fourth-order valence-electron chi connectivity index (χ4n) is 2.96. The van der Waals surface area contributed by atoms with Crippen molar-refractivity contribution in [2.45, 2.75) is 38.7 Å². The molecular weight excluding hydrogens is 238 g/mol. The van der Waals surface area contributed by atoms with E-state index in [1.807, 2.05) is 6.92 Å². The summed E-state index contributed by atoms with van der Waals surface area (Å²) >= 11 is 5.93. The molecule has 0 bridgehead atoms. The SMILES string of the molecule is CC1CC(C(=O)NCC2CCCC2CCl)CO1. The Bertz CT molecular complexity index is 272. The summed E-state index contributed by atoms with van der Waals surface area (Å²) in [7, 11) is 0. The van der Waals surface area contributed by atoms with Crippen LogP contribution in [-0.4, -0.2) is 31.0 Å². The largest absolute Gasteiger partial charge is 0.378 e. The molecule has 0 aromatic heterocycles. The number of hydrogen-bond donors (Lipinski definition) is 1. The van der Waals surface area contributed by atoms with Crippen LogP contribution in [0.15, 0.2) is 0 Å². The first kappa shape index (κ1) is 13.2. The molecule has 1 aliphatic heterocycles. The van der Waals surface area contributed by atoms with Crippen molar-refractivity contribution in [2.24, 2.45) is 17.8 Å². The van der Waals surface area contributed by atoms with Gasteiger partial charge < -0.3 is 10.1 Å². The Balaban J connectivity index is 1.72. The number of hydrogen-bond acceptors (Lipinski definition) is 2. The Labute approximate surface area is 108 Å². The van der Waals surface area contributed by atoms with E-state index in [1.54, 1.807) is 0 Å². The minimum absolute atomic E-state index is 0.0563. The summed E-state index contributed by atoms with van der Waals surface area (Å²) in [6.07, 6.45) is 4.76. The van der Waals surface area contributed by atoms with Gasteiger partial charge in [-0.1, -0.05) is 6.42 Å². The molecule has 1 N–H and O–H groups in total. The van der Waals surface area contributed by atoms with Crippen molar-refractivity contribution in [3.05, 3.63) is 0 Å². The van der Waals surface area contributed by atoms with Crippen LogP contribution in [0.2, 0.25) is 0 Å². The molecule has 1 saturated carbocycles. The van der Waals surface area contributed by atoms with Crippen LogP contribution in [0.4, 0.5) is 0 Å². The molecule has 0 aromatic rings. The van der Waals surface area contributed by atoms with Gasteiger partial charge in [0, 0.05) is 12.4 Å². The van der Waals surface area contributed by atoms with Crippen molar-refractivity contribution < 1.29 is 9.53 Å². The molecule has 4 heteroatoms. The topological polar surface area (TPSA) is 38.3 Å². The van der Waals surface area contributed by atoms with Gasteiger partial charge in [0.2, 0.25) is 5.91 Å². The minimum atomic E-state index is 0.0563. The predicted molar refractivity (Wildman–Crippen MR) is 68.1 cm³/mol. The Hall–Kier alpha value is -0.280. The number of nitrogens with one attached hydrogen (secondary N) is 1. The van der Waals surface area contributed by atoms with E-state index in [4.69, 9.17) is 16.3 Å². The maximum atomic E-state index is 11.9. The minimum Gasteiger partial charge on any atom is -0.378 e. The van der Waals surface area contributed by atoms with E-state index in [9.17, 15) is 4.79 Å². The molecule has 3 nitrogen and oxygen atoms in total. The van der Waals surface area contributed by atoms with E-state index >= 15 is 0 Å². The zero-order chi connectivity index (χ0) is 12.3. The molecule has 2 rings (SSSR count). The van der Waals surface area contributed by atoms with Crippen LogP contribution in [0, 0.1) is 17.8 Å². The van der Waals surface area contributed by atoms with Crippen LogP contribution < -0.4 is 5.32 Å². The maximum Gasteiger partial charge on any atom is 0.225 e. The number of amides is 1. The molecule has 4 unspecified atom stereocenters. The van der Waals surface area contributed by atoms with E-state index < -0.39 is 0 Å². The summed E-state index contributed by atoms with van der Waals surface area (Å²) in [4.78, 5) is 11.9. The first-order chi connectivity index (χ1) is 8.20. The van der Waals surface area contributed by atoms with Crippen LogP contribution in [0.25, 0.3) is 0 Å². The van der Waals surface area contributed by atoms with Crippen LogP contribution in [0.3, 0.4) is 0 Å². The summed E-state index contributed by atoms with van der Waals surface area (Å²) in [5.74, 6) is 2.12. The number of rotatable bonds is 4. The van der Waals surface area contributed by atoms with Gasteiger partial charge in [-0.3, -0.25) is 4.79 Å². The molecule has 0 radical (unpaired) electrons. The lowest BCUT2D eigenvalue weighted by molar-refractivity contribution is -0.125. The number of alkyl halides is 1. The monoisotopic (exact) mass is 259 g/mol. The summed E-state index contributed by atoms with van der Waals surface area (Å²) in [5, 5.41) is 3.07. The van der Waals surface area contributed by atoms with Crippen LogP contribution in [0.5, 0.6) is 0 Å². The van der Waals surface area contributed by atoms with Gasteiger partial charge in [-0.15, -0.1) is 11.6 Å². The Morgan fingerprint density at radius 1 is 1.41 bits per heavy atom. The lowest BCUT2D eigenvalue weighted by atomic mass is 9.97. The van der Waals surface area contributed by atoms with Crippen LogP contribution in [0.1, 0.15) is 32.6 Å². The average molecular weight is 260 g/mol. The van der Waals surface area contributed by atoms with Gasteiger partial charge in [0.1, 0.15) is 0 Å². The maximum absolute atomic E-state index is 11.9. The van der Waals surface area contributed by atoms with Crippen molar-refractivity contribution in [2.75, 3.05) is 19.0 Å². The van der Waals surface area contributed by atoms with E-state index in [2.05, 4.69) is 5.32 Å². The molecule has 1 heterocycles. The first-order valence-electron chi connectivity index (χ1n) is 6.66. The van der Waals surface area contributed by atoms with Crippen molar-refractivity contribution in [3.63, 3.8) is 0 Å². The van der Waals surface area contributed by atoms with E-state index in [1.165, 1.54) is 19.3 Å². The Morgan fingerprint density at radius 2 is 2.18 bits per heavy atom. The highest BCUT2D eigenvalue weighted by Crippen LogP contribution is 2.32. The lowest BCUT2D eigenvalue weighted by Gasteiger charge is -2.18. The standard InChI is InChI=1S/C13H22ClNO2/c1-9-5-12(8-17-9)13(16)15-7-11-4-2-3-10(11)6-14/h9-12H,2-8H2,1H3,(H,15,16). The first-order valence-corrected chi connectivity index (χ1v) is 7.19. The number of carbonyl (C=O) groups is 1. The van der Waals surface area contributed by atoms with Crippen molar-refractivity contribution in [3.8, 4) is 0 Å². The van der Waals surface area contributed by atoms with Gasteiger partial charge >= 0.3 is 0 Å². The molecule has 98 valence electrons. The van der Waals surface area contributed by atoms with E-state index in [0.29, 0.717) is 18.4 Å². The van der Waals surface area contributed by atoms with Crippen LogP contribution >= 0.6 is 11.6 Å². The zero-order valence-corrected chi connectivity index (χ0v) is 11.2. The van der Waals surface area contributed by atoms with Gasteiger partial charge in [-0.2, -0.15) is 0 Å². The van der Waals surface area contributed by atoms with Crippen LogP contribution in [-0.2, 0) is 9.53 Å². The van der Waals surface area contributed by atoms with Crippen molar-refractivity contribution in [1.82, 2.24) is 5.32 Å². The number of halogens is 1. The average Bonchev–Trinajstić information content (AvgIpc) is 2.94. The molecule has 0 spiro atoms. The lowest BCUT2D eigenvalue weighted by Crippen LogP contribution is -2.35. The second-order valence-corrected chi connectivity index (χ2v) is 5.74. The number of carbonyl (C=O) groups excluding carboxylic acids is 1. The normalized spacial score (nSPS) is 37.3. The highest BCUT2D eigenvalue weighted by atomic mass is 35.5. The van der Waals surface area contributed by atoms with Gasteiger partial charge in [0.25, 0.3) is 0 Å². The van der Waals surface area contributed by atoms with E-state index in [0.717, 1.165) is 18.8 Å². The summed E-state index contributed by atoms with van der Waals surface area (Å²) in [6, 6.07) is 0. The molecule has 1 aliphatic carbocycles. The third-order valence-electron chi connectivity index (χ3n) is 4.12. The fraction of sp³-hybridized carbons (Fsp3) is 0.923. The summed E-state index contributed by atoms with van der Waals surface area (Å²) in [5.41, 5.74) is 0. The highest BCUT2D eigenvalue weighted by Gasteiger charge is 2.30. The molecular formula is C13H22ClNO2. The van der Waals surface area contributed by atoms with Gasteiger partial charge in [-0.25, -0.2) is 0 Å². The summed E-state index contributed by atoms with van der Waals surface area (Å²) in [6.45, 7) is 3.39. The molecule has 2 aliphatic rings. The highest BCUT2D eigenvalue weighted by molar-refractivity contribution is 6.18. The van der Waals surface area contributed by atoms with Gasteiger partial charge in [0.15, 0.2) is 0 Å². The molecule has 0 aromatic carbocycles. The smallest absolute Gasteiger partial charge is 0.225 e. The predicted octanol–water partition coefficient (Wildman–Crippen LogP) is 2.18. The van der Waals surface area contributed by atoms with Gasteiger partial charge in [0.05, 0.1) is 18.6 Å². The van der Waals surface area contributed by atoms with Gasteiger partial charge in [-0.05, 0) is 38.0 Å². The third-order valence-corrected chi connectivity index (χ3v) is 4.52. The zero-order valence-electron chi connectivity index (χ0n) is 10.5.